The van der Waals surface area contributed by atoms with Gasteiger partial charge < -0.3 is 4.57 Å². The number of fused-ring (bicyclic) bond motifs is 1. The first-order valence-electron chi connectivity index (χ1n) is 9.43. The van der Waals surface area contributed by atoms with Crippen LogP contribution in [-0.4, -0.2) is 27.0 Å². The number of halogens is 1. The fourth-order valence-corrected chi connectivity index (χ4v) is 4.45. The normalized spacial score (nSPS) is 11.1. The van der Waals surface area contributed by atoms with Gasteiger partial charge in [-0.1, -0.05) is 40.6 Å². The maximum atomic E-state index is 13.4. The Morgan fingerprint density at radius 1 is 1.24 bits per heavy atom. The molecule has 0 N–H and O–H groups in total. The topological polar surface area (TPSA) is 51.0 Å². The van der Waals surface area contributed by atoms with E-state index in [1.54, 1.807) is 17.4 Å². The van der Waals surface area contributed by atoms with Gasteiger partial charge in [-0.3, -0.25) is 9.69 Å². The summed E-state index contributed by atoms with van der Waals surface area (Å²) in [7, 11) is 0. The highest BCUT2D eigenvalue weighted by Crippen LogP contribution is 2.34. The summed E-state index contributed by atoms with van der Waals surface area (Å²) in [6.45, 7) is 5.30. The molecule has 1 amide bonds. The highest BCUT2D eigenvalue weighted by Gasteiger charge is 2.22. The van der Waals surface area contributed by atoms with Crippen molar-refractivity contribution >= 4 is 44.2 Å². The number of benzene rings is 2. The molecule has 2 aromatic heterocycles. The van der Waals surface area contributed by atoms with Crippen molar-refractivity contribution in [3.8, 4) is 0 Å². The molecule has 0 bridgehead atoms. The van der Waals surface area contributed by atoms with Gasteiger partial charge in [0.15, 0.2) is 5.13 Å². The Morgan fingerprint density at radius 2 is 2.10 bits per heavy atom. The van der Waals surface area contributed by atoms with E-state index in [0.29, 0.717) is 22.3 Å². The molecule has 0 saturated carbocycles. The zero-order valence-electron chi connectivity index (χ0n) is 16.3. The van der Waals surface area contributed by atoms with E-state index in [4.69, 9.17) is 16.6 Å². The molecule has 0 atom stereocenters. The molecule has 5 nitrogen and oxygen atoms in total. The molecule has 0 fully saturated rings. The lowest BCUT2D eigenvalue weighted by Crippen LogP contribution is -2.32. The van der Waals surface area contributed by atoms with E-state index >= 15 is 0 Å². The molecule has 148 valence electrons. The highest BCUT2D eigenvalue weighted by atomic mass is 35.5. The molecule has 0 spiro atoms. The Bertz CT molecular complexity index is 1150. The van der Waals surface area contributed by atoms with Crippen LogP contribution in [0.2, 0.25) is 5.02 Å². The quantitative estimate of drug-likeness (QED) is 0.410. The molecule has 2 aromatic carbocycles. The van der Waals surface area contributed by atoms with Crippen LogP contribution in [0.1, 0.15) is 27.9 Å². The molecule has 0 aliphatic rings. The third-order valence-corrected chi connectivity index (χ3v) is 6.29. The maximum absolute atomic E-state index is 13.4. The Morgan fingerprint density at radius 3 is 2.86 bits per heavy atom. The van der Waals surface area contributed by atoms with Gasteiger partial charge in [0.05, 0.1) is 16.5 Å². The van der Waals surface area contributed by atoms with Crippen molar-refractivity contribution in [3.05, 3.63) is 76.8 Å². The molecule has 0 aliphatic heterocycles. The van der Waals surface area contributed by atoms with Crippen molar-refractivity contribution < 1.29 is 4.79 Å². The maximum Gasteiger partial charge on any atom is 0.260 e. The lowest BCUT2D eigenvalue weighted by Gasteiger charge is -2.20. The summed E-state index contributed by atoms with van der Waals surface area (Å²) in [5, 5.41) is 1.38. The first-order chi connectivity index (χ1) is 14.0. The molecule has 0 unspecified atom stereocenters. The van der Waals surface area contributed by atoms with Crippen LogP contribution in [-0.2, 0) is 6.54 Å². The van der Waals surface area contributed by atoms with Crippen molar-refractivity contribution in [2.75, 3.05) is 11.4 Å². The molecule has 0 aliphatic carbocycles. The standard InChI is InChI=1S/C22H21ClN4OS/c1-15-5-3-6-17(13-15)21(28)27(11-4-10-26-12-9-24-14-26)22-25-20-16(2)18(23)7-8-19(20)29-22/h3,5-9,12-14H,4,10-11H2,1-2H3. The predicted molar refractivity (Wildman–Crippen MR) is 119 cm³/mol. The van der Waals surface area contributed by atoms with Gasteiger partial charge in [-0.15, -0.1) is 0 Å². The monoisotopic (exact) mass is 424 g/mol. The van der Waals surface area contributed by atoms with Gasteiger partial charge in [-0.25, -0.2) is 9.97 Å². The SMILES string of the molecule is Cc1cccc(C(=O)N(CCCn2ccnc2)c2nc3c(C)c(Cl)ccc3s2)c1. The van der Waals surface area contributed by atoms with Crippen LogP contribution in [0.15, 0.2) is 55.1 Å². The van der Waals surface area contributed by atoms with Gasteiger partial charge in [0.25, 0.3) is 5.91 Å². The summed E-state index contributed by atoms with van der Waals surface area (Å²) in [6, 6.07) is 11.5. The van der Waals surface area contributed by atoms with Crippen molar-refractivity contribution in [3.63, 3.8) is 0 Å². The van der Waals surface area contributed by atoms with Crippen LogP contribution in [0.25, 0.3) is 10.2 Å². The first-order valence-corrected chi connectivity index (χ1v) is 10.6. The number of nitrogens with zero attached hydrogens (tertiary/aromatic N) is 4. The fourth-order valence-electron chi connectivity index (χ4n) is 3.25. The zero-order chi connectivity index (χ0) is 20.4. The van der Waals surface area contributed by atoms with Gasteiger partial charge in [0.1, 0.15) is 0 Å². The smallest absolute Gasteiger partial charge is 0.260 e. The Hall–Kier alpha value is -2.70. The number of aromatic nitrogens is 3. The molecule has 0 radical (unpaired) electrons. The van der Waals surface area contributed by atoms with Gasteiger partial charge in [-0.05, 0) is 50.1 Å². The van der Waals surface area contributed by atoms with Crippen LogP contribution in [0.3, 0.4) is 0 Å². The molecular weight excluding hydrogens is 404 g/mol. The number of carbonyl (C=O) groups excluding carboxylic acids is 1. The van der Waals surface area contributed by atoms with Crippen LogP contribution >= 0.6 is 22.9 Å². The van der Waals surface area contributed by atoms with E-state index in [1.165, 1.54) is 11.3 Å². The lowest BCUT2D eigenvalue weighted by molar-refractivity contribution is 0.0986. The summed E-state index contributed by atoms with van der Waals surface area (Å²) in [4.78, 5) is 24.0. The summed E-state index contributed by atoms with van der Waals surface area (Å²) in [5.74, 6) is -0.0397. The largest absolute Gasteiger partial charge is 0.337 e. The number of aryl methyl sites for hydroxylation is 3. The molecule has 0 saturated heterocycles. The van der Waals surface area contributed by atoms with Crippen molar-refractivity contribution in [2.45, 2.75) is 26.8 Å². The van der Waals surface area contributed by atoms with Crippen molar-refractivity contribution in [1.82, 2.24) is 14.5 Å². The number of hydrogen-bond donors (Lipinski definition) is 0. The van der Waals surface area contributed by atoms with Gasteiger partial charge in [-0.2, -0.15) is 0 Å². The predicted octanol–water partition coefficient (Wildman–Crippen LogP) is 5.50. The summed E-state index contributed by atoms with van der Waals surface area (Å²) < 4.78 is 3.04. The van der Waals surface area contributed by atoms with E-state index in [1.807, 2.05) is 61.0 Å². The van der Waals surface area contributed by atoms with Crippen LogP contribution in [0.4, 0.5) is 5.13 Å². The van der Waals surface area contributed by atoms with E-state index in [-0.39, 0.29) is 5.91 Å². The fraction of sp³-hybridized carbons (Fsp3) is 0.227. The zero-order valence-corrected chi connectivity index (χ0v) is 17.9. The number of amides is 1. The Kier molecular flexibility index (Phi) is 5.65. The Labute approximate surface area is 178 Å². The highest BCUT2D eigenvalue weighted by molar-refractivity contribution is 7.22. The van der Waals surface area contributed by atoms with Crippen LogP contribution in [0, 0.1) is 13.8 Å². The number of imidazole rings is 1. The first kappa shape index (κ1) is 19.6. The molecular formula is C22H21ClN4OS. The minimum atomic E-state index is -0.0397. The summed E-state index contributed by atoms with van der Waals surface area (Å²) >= 11 is 7.79. The average molecular weight is 425 g/mol. The third-order valence-electron chi connectivity index (χ3n) is 4.83. The molecule has 4 rings (SSSR count). The summed E-state index contributed by atoms with van der Waals surface area (Å²) in [5.41, 5.74) is 3.52. The number of thiazole rings is 1. The van der Waals surface area contributed by atoms with Gasteiger partial charge in [0, 0.05) is 36.1 Å². The number of hydrogen-bond acceptors (Lipinski definition) is 4. The molecule has 2 heterocycles. The van der Waals surface area contributed by atoms with Crippen LogP contribution in [0.5, 0.6) is 0 Å². The lowest BCUT2D eigenvalue weighted by atomic mass is 10.1. The second-order valence-electron chi connectivity index (χ2n) is 7.00. The second kappa shape index (κ2) is 8.35. The average Bonchev–Trinajstić information content (AvgIpc) is 3.38. The minimum Gasteiger partial charge on any atom is -0.337 e. The summed E-state index contributed by atoms with van der Waals surface area (Å²) in [6.07, 6.45) is 6.27. The number of anilines is 1. The van der Waals surface area contributed by atoms with E-state index in [0.717, 1.165) is 34.3 Å². The second-order valence-corrected chi connectivity index (χ2v) is 8.41. The minimum absolute atomic E-state index is 0.0397. The van der Waals surface area contributed by atoms with Gasteiger partial charge in [0.2, 0.25) is 0 Å². The third kappa shape index (κ3) is 4.18. The van der Waals surface area contributed by atoms with E-state index < -0.39 is 0 Å². The molecule has 4 aromatic rings. The number of rotatable bonds is 6. The molecule has 7 heteroatoms. The van der Waals surface area contributed by atoms with Crippen LogP contribution < -0.4 is 4.90 Å². The van der Waals surface area contributed by atoms with Crippen molar-refractivity contribution in [1.29, 1.82) is 0 Å². The van der Waals surface area contributed by atoms with Crippen molar-refractivity contribution in [2.24, 2.45) is 0 Å². The molecule has 29 heavy (non-hydrogen) atoms. The van der Waals surface area contributed by atoms with E-state index in [2.05, 4.69) is 4.98 Å². The van der Waals surface area contributed by atoms with E-state index in [9.17, 15) is 4.79 Å². The number of carbonyl (C=O) groups is 1. The Balaban J connectivity index is 1.67. The van der Waals surface area contributed by atoms with Gasteiger partial charge >= 0.3 is 0 Å².